The molecule has 0 saturated carbocycles. The van der Waals surface area contributed by atoms with Gasteiger partial charge < -0.3 is 30.6 Å². The zero-order chi connectivity index (χ0) is 30.5. The number of anilines is 1. The average molecular weight is 583 g/mol. The third-order valence-corrected chi connectivity index (χ3v) is 7.79. The summed E-state index contributed by atoms with van der Waals surface area (Å²) in [4.78, 5) is 55.4. The van der Waals surface area contributed by atoms with Crippen molar-refractivity contribution in [2.24, 2.45) is 5.73 Å². The molecule has 2 aliphatic rings. The molecule has 11 heteroatoms. The minimum Gasteiger partial charge on any atom is -0.461 e. The van der Waals surface area contributed by atoms with Gasteiger partial charge in [0, 0.05) is 41.8 Å². The predicted octanol–water partition coefficient (Wildman–Crippen LogP) is 3.46. The second-order valence-corrected chi connectivity index (χ2v) is 10.9. The minimum atomic E-state index is -0.788. The third kappa shape index (κ3) is 6.70. The first-order valence-electron chi connectivity index (χ1n) is 14.4. The van der Waals surface area contributed by atoms with Gasteiger partial charge >= 0.3 is 0 Å². The number of carbonyl (C=O) groups excluding carboxylic acids is 4. The number of aryl methyl sites for hydroxylation is 1. The summed E-state index contributed by atoms with van der Waals surface area (Å²) in [5, 5.41) is 17.4. The molecule has 5 rings (SSSR count). The van der Waals surface area contributed by atoms with Crippen molar-refractivity contribution in [2.45, 2.75) is 45.1 Å². The van der Waals surface area contributed by atoms with Crippen molar-refractivity contribution in [1.29, 1.82) is 5.26 Å². The van der Waals surface area contributed by atoms with E-state index in [0.717, 1.165) is 30.4 Å². The summed E-state index contributed by atoms with van der Waals surface area (Å²) in [6.07, 6.45) is 3.80. The van der Waals surface area contributed by atoms with E-state index >= 15 is 0 Å². The molecule has 222 valence electrons. The van der Waals surface area contributed by atoms with Gasteiger partial charge in [0.2, 0.25) is 23.5 Å². The fourth-order valence-corrected chi connectivity index (χ4v) is 5.55. The molecule has 1 atom stereocenters. The van der Waals surface area contributed by atoms with Crippen LogP contribution >= 0.6 is 0 Å². The predicted molar refractivity (Wildman–Crippen MR) is 160 cm³/mol. The van der Waals surface area contributed by atoms with E-state index in [2.05, 4.69) is 10.6 Å². The topological polar surface area (TPSA) is 162 Å². The van der Waals surface area contributed by atoms with Gasteiger partial charge in [0.05, 0.1) is 6.54 Å². The molecular weight excluding hydrogens is 548 g/mol. The van der Waals surface area contributed by atoms with Gasteiger partial charge in [-0.3, -0.25) is 19.2 Å². The van der Waals surface area contributed by atoms with Gasteiger partial charge in [-0.1, -0.05) is 12.1 Å². The number of primary amides is 1. The SMILES string of the molecule is Cc1cc2cc(N/C(N[C@H]3CCCCN(CC(=O)N4CCCC4)C3=O)=C(\C#N)C(=O)c3cccc(C(N)=O)c3)ccc2o1. The monoisotopic (exact) mass is 582 g/mol. The smallest absolute Gasteiger partial charge is 0.248 e. The van der Waals surface area contributed by atoms with Gasteiger partial charge in [-0.05, 0) is 75.4 Å². The van der Waals surface area contributed by atoms with Gasteiger partial charge in [0.15, 0.2) is 0 Å². The number of nitrogens with two attached hydrogens (primary N) is 1. The van der Waals surface area contributed by atoms with Crippen molar-refractivity contribution >= 4 is 40.2 Å². The molecule has 0 bridgehead atoms. The molecule has 2 fully saturated rings. The lowest BCUT2D eigenvalue weighted by Gasteiger charge is -2.28. The highest BCUT2D eigenvalue weighted by molar-refractivity contribution is 6.13. The quantitative estimate of drug-likeness (QED) is 0.196. The second kappa shape index (κ2) is 12.8. The molecule has 0 spiro atoms. The summed E-state index contributed by atoms with van der Waals surface area (Å²) in [5.74, 6) is -0.927. The van der Waals surface area contributed by atoms with Gasteiger partial charge in [-0.2, -0.15) is 5.26 Å². The molecule has 0 unspecified atom stereocenters. The number of nitriles is 1. The molecule has 0 aliphatic carbocycles. The van der Waals surface area contributed by atoms with Crippen molar-refractivity contribution in [3.63, 3.8) is 0 Å². The second-order valence-electron chi connectivity index (χ2n) is 10.9. The maximum absolute atomic E-state index is 13.7. The molecular formula is C32H34N6O5. The normalized spacial score (nSPS) is 17.7. The number of rotatable bonds is 9. The highest BCUT2D eigenvalue weighted by Gasteiger charge is 2.32. The molecule has 4 N–H and O–H groups in total. The van der Waals surface area contributed by atoms with Crippen LogP contribution in [0.2, 0.25) is 0 Å². The molecule has 2 aromatic carbocycles. The van der Waals surface area contributed by atoms with Crippen LogP contribution in [0.4, 0.5) is 5.69 Å². The maximum atomic E-state index is 13.7. The number of fused-ring (bicyclic) bond motifs is 1. The van der Waals surface area contributed by atoms with Crippen molar-refractivity contribution in [3.8, 4) is 6.07 Å². The first-order valence-corrected chi connectivity index (χ1v) is 14.4. The molecule has 0 radical (unpaired) electrons. The van der Waals surface area contributed by atoms with E-state index in [4.69, 9.17) is 10.2 Å². The zero-order valence-corrected chi connectivity index (χ0v) is 24.0. The number of hydrogen-bond acceptors (Lipinski definition) is 8. The zero-order valence-electron chi connectivity index (χ0n) is 24.0. The fourth-order valence-electron chi connectivity index (χ4n) is 5.55. The molecule has 3 aromatic rings. The fraction of sp³-hybridized carbons (Fsp3) is 0.344. The summed E-state index contributed by atoms with van der Waals surface area (Å²) in [6.45, 7) is 3.67. The van der Waals surface area contributed by atoms with Crippen LogP contribution in [0.1, 0.15) is 58.6 Å². The first kappa shape index (κ1) is 29.4. The number of carbonyl (C=O) groups is 4. The minimum absolute atomic E-state index is 0.00998. The Labute approximate surface area is 249 Å². The highest BCUT2D eigenvalue weighted by Crippen LogP contribution is 2.25. The van der Waals surface area contributed by atoms with Crippen LogP contribution in [0.5, 0.6) is 0 Å². The molecule has 2 saturated heterocycles. The molecule has 2 aliphatic heterocycles. The Kier molecular flexibility index (Phi) is 8.76. The summed E-state index contributed by atoms with van der Waals surface area (Å²) < 4.78 is 5.67. The molecule has 11 nitrogen and oxygen atoms in total. The van der Waals surface area contributed by atoms with Gasteiger partial charge in [0.1, 0.15) is 34.8 Å². The van der Waals surface area contributed by atoms with Gasteiger partial charge in [-0.15, -0.1) is 0 Å². The summed E-state index contributed by atoms with van der Waals surface area (Å²) in [6, 6.07) is 14.2. The summed E-state index contributed by atoms with van der Waals surface area (Å²) >= 11 is 0. The Morgan fingerprint density at radius 2 is 1.77 bits per heavy atom. The lowest BCUT2D eigenvalue weighted by atomic mass is 10.0. The van der Waals surface area contributed by atoms with Crippen molar-refractivity contribution in [2.75, 3.05) is 31.5 Å². The summed E-state index contributed by atoms with van der Waals surface area (Å²) in [7, 11) is 0. The molecule has 43 heavy (non-hydrogen) atoms. The van der Waals surface area contributed by atoms with Crippen LogP contribution in [0.15, 0.2) is 64.3 Å². The number of ketones is 1. The number of benzene rings is 2. The lowest BCUT2D eigenvalue weighted by Crippen LogP contribution is -2.49. The number of nitrogens with zero attached hydrogens (tertiary/aromatic N) is 3. The van der Waals surface area contributed by atoms with E-state index in [1.165, 1.54) is 24.3 Å². The van der Waals surface area contributed by atoms with E-state index in [1.807, 2.05) is 25.1 Å². The number of hydrogen-bond donors (Lipinski definition) is 3. The van der Waals surface area contributed by atoms with Crippen molar-refractivity contribution in [1.82, 2.24) is 15.1 Å². The number of nitrogens with one attached hydrogen (secondary N) is 2. The van der Waals surface area contributed by atoms with Crippen LogP contribution < -0.4 is 16.4 Å². The van der Waals surface area contributed by atoms with Crippen LogP contribution in [-0.4, -0.2) is 65.5 Å². The van der Waals surface area contributed by atoms with E-state index < -0.39 is 17.7 Å². The molecule has 1 aromatic heterocycles. The third-order valence-electron chi connectivity index (χ3n) is 7.79. The van der Waals surface area contributed by atoms with E-state index in [1.54, 1.807) is 21.9 Å². The number of Topliss-reactive ketones (excluding diaryl/α,β-unsaturated/α-hetero) is 1. The molecule has 3 heterocycles. The maximum Gasteiger partial charge on any atom is 0.248 e. The average Bonchev–Trinajstić information content (AvgIpc) is 3.63. The summed E-state index contributed by atoms with van der Waals surface area (Å²) in [5.41, 5.74) is 6.60. The van der Waals surface area contributed by atoms with E-state index in [-0.39, 0.29) is 40.9 Å². The number of furan rings is 1. The van der Waals surface area contributed by atoms with Crippen molar-refractivity contribution < 1.29 is 23.6 Å². The Bertz CT molecular complexity index is 1650. The van der Waals surface area contributed by atoms with E-state index in [0.29, 0.717) is 43.7 Å². The van der Waals surface area contributed by atoms with Crippen LogP contribution in [0.3, 0.4) is 0 Å². The van der Waals surface area contributed by atoms with Gasteiger partial charge in [-0.25, -0.2) is 0 Å². The Balaban J connectivity index is 1.48. The number of likely N-dealkylation sites (tertiary alicyclic amines) is 2. The molecule has 3 amide bonds. The first-order chi connectivity index (χ1) is 20.7. The van der Waals surface area contributed by atoms with Crippen molar-refractivity contribution in [3.05, 3.63) is 76.8 Å². The highest BCUT2D eigenvalue weighted by atomic mass is 16.3. The van der Waals surface area contributed by atoms with Crippen LogP contribution in [0.25, 0.3) is 11.0 Å². The lowest BCUT2D eigenvalue weighted by molar-refractivity contribution is -0.140. The Morgan fingerprint density at radius 3 is 2.51 bits per heavy atom. The Morgan fingerprint density at radius 1 is 1.02 bits per heavy atom. The van der Waals surface area contributed by atoms with Gasteiger partial charge in [0.25, 0.3) is 0 Å². The largest absolute Gasteiger partial charge is 0.461 e. The van der Waals surface area contributed by atoms with E-state index in [9.17, 15) is 24.4 Å². The number of amides is 3. The number of allylic oxidation sites excluding steroid dienone is 1. The standard InChI is InChI=1S/C32H34N6O5/c1-20-15-23-17-24(10-11-27(23)43-20)35-31(25(18-33)29(40)21-7-6-8-22(16-21)30(34)41)36-26-9-2-3-14-38(32(26)42)19-28(39)37-12-4-5-13-37/h6-8,10-11,15-17,26,35-36H,2-5,9,12-14,19H2,1H3,(H2,34,41)/b31-25-/t26-/m0/s1. The van der Waals surface area contributed by atoms with Crippen LogP contribution in [0, 0.1) is 18.3 Å². The Hall–Kier alpha value is -5.11. The van der Waals surface area contributed by atoms with Crippen LogP contribution in [-0.2, 0) is 9.59 Å².